The van der Waals surface area contributed by atoms with Gasteiger partial charge in [-0.15, -0.1) is 0 Å². The van der Waals surface area contributed by atoms with Crippen LogP contribution in [0.15, 0.2) is 0 Å². The van der Waals surface area contributed by atoms with E-state index in [1.807, 2.05) is 0 Å². The van der Waals surface area contributed by atoms with E-state index in [2.05, 4.69) is 48.5 Å². The molecule has 0 N–H and O–H groups in total. The Kier molecular flexibility index (Phi) is 3.04. The van der Waals surface area contributed by atoms with E-state index in [0.29, 0.717) is 5.92 Å². The molecule has 0 bridgehead atoms. The van der Waals surface area contributed by atoms with E-state index in [1.54, 1.807) is 0 Å². The average Bonchev–Trinajstić information content (AvgIpc) is 2.23. The summed E-state index contributed by atoms with van der Waals surface area (Å²) in [5.74, 6) is 0.498. The van der Waals surface area contributed by atoms with E-state index in [9.17, 15) is 0 Å². The van der Waals surface area contributed by atoms with Crippen LogP contribution in [0.1, 0.15) is 48.5 Å². The van der Waals surface area contributed by atoms with Gasteiger partial charge in [0.15, 0.2) is 0 Å². The molecule has 0 aromatic heterocycles. The van der Waals surface area contributed by atoms with Crippen molar-refractivity contribution in [3.63, 3.8) is 0 Å². The molecule has 1 aliphatic heterocycles. The van der Waals surface area contributed by atoms with E-state index in [1.165, 1.54) is 0 Å². The lowest BCUT2D eigenvalue weighted by Gasteiger charge is -2.28. The highest BCUT2D eigenvalue weighted by Gasteiger charge is 2.51. The van der Waals surface area contributed by atoms with Gasteiger partial charge < -0.3 is 9.31 Å². The summed E-state index contributed by atoms with van der Waals surface area (Å²) in [4.78, 5) is 0. The molecule has 0 spiro atoms. The van der Waals surface area contributed by atoms with Gasteiger partial charge in [0.05, 0.1) is 11.7 Å². The molecule has 2 nitrogen and oxygen atoms in total. The number of hydrogen-bond acceptors (Lipinski definition) is 2. The third kappa shape index (κ3) is 2.32. The van der Waals surface area contributed by atoms with Crippen molar-refractivity contribution >= 4 is 7.12 Å². The zero-order chi connectivity index (χ0) is 11.1. The predicted octanol–water partition coefficient (Wildman–Crippen LogP) is 3.12. The highest BCUT2D eigenvalue weighted by molar-refractivity contribution is 6.49. The van der Waals surface area contributed by atoms with Crippen LogP contribution in [0, 0.1) is 5.92 Å². The van der Waals surface area contributed by atoms with Crippen LogP contribution in [0.4, 0.5) is 0 Å². The standard InChI is InChI=1S/C11H23BO2/c1-8(2)9-11(6,7)14-12(13-9)10(3,4)5/h8-9H,1-7H3. The molecule has 1 atom stereocenters. The van der Waals surface area contributed by atoms with E-state index >= 15 is 0 Å². The van der Waals surface area contributed by atoms with Gasteiger partial charge in [0, 0.05) is 0 Å². The summed E-state index contributed by atoms with van der Waals surface area (Å²) in [5.41, 5.74) is -0.161. The molecule has 0 saturated carbocycles. The third-order valence-corrected chi connectivity index (χ3v) is 2.68. The van der Waals surface area contributed by atoms with Crippen molar-refractivity contribution in [2.45, 2.75) is 65.5 Å². The molecule has 1 aliphatic rings. The zero-order valence-corrected chi connectivity index (χ0v) is 10.5. The summed E-state index contributed by atoms with van der Waals surface area (Å²) in [6.07, 6.45) is 0.201. The first kappa shape index (κ1) is 12.1. The number of hydrogen-bond donors (Lipinski definition) is 0. The van der Waals surface area contributed by atoms with Crippen molar-refractivity contribution in [2.75, 3.05) is 0 Å². The molecule has 1 heterocycles. The first-order chi connectivity index (χ1) is 6.14. The van der Waals surface area contributed by atoms with E-state index in [4.69, 9.17) is 9.31 Å². The molecule has 0 aromatic rings. The summed E-state index contributed by atoms with van der Waals surface area (Å²) in [6, 6.07) is 0. The summed E-state index contributed by atoms with van der Waals surface area (Å²) in [7, 11) is -0.0788. The SMILES string of the molecule is CC(C)C1OB(C(C)(C)C)OC1(C)C. The second-order valence-electron chi connectivity index (χ2n) is 6.22. The monoisotopic (exact) mass is 198 g/mol. The van der Waals surface area contributed by atoms with Crippen molar-refractivity contribution < 1.29 is 9.31 Å². The Bertz CT molecular complexity index is 206. The Hall–Kier alpha value is -0.0151. The Balaban J connectivity index is 2.77. The first-order valence-corrected chi connectivity index (χ1v) is 5.48. The molecular formula is C11H23BO2. The molecule has 0 radical (unpaired) electrons. The smallest absolute Gasteiger partial charge is 0.405 e. The van der Waals surface area contributed by atoms with E-state index < -0.39 is 0 Å². The van der Waals surface area contributed by atoms with E-state index in [0.717, 1.165) is 0 Å². The molecule has 0 aromatic carbocycles. The van der Waals surface area contributed by atoms with Gasteiger partial charge in [0.2, 0.25) is 0 Å². The van der Waals surface area contributed by atoms with Crippen LogP contribution in [0.3, 0.4) is 0 Å². The van der Waals surface area contributed by atoms with Crippen LogP contribution in [-0.2, 0) is 9.31 Å². The second-order valence-corrected chi connectivity index (χ2v) is 6.22. The largest absolute Gasteiger partial charge is 0.463 e. The fraction of sp³-hybridized carbons (Fsp3) is 1.00. The van der Waals surface area contributed by atoms with Gasteiger partial charge in [-0.2, -0.15) is 0 Å². The highest BCUT2D eigenvalue weighted by Crippen LogP contribution is 2.41. The zero-order valence-electron chi connectivity index (χ0n) is 10.5. The van der Waals surface area contributed by atoms with Gasteiger partial charge in [0.25, 0.3) is 0 Å². The predicted molar refractivity (Wildman–Crippen MR) is 60.3 cm³/mol. The average molecular weight is 198 g/mol. The van der Waals surface area contributed by atoms with Crippen LogP contribution < -0.4 is 0 Å². The van der Waals surface area contributed by atoms with Gasteiger partial charge in [-0.05, 0) is 25.1 Å². The topological polar surface area (TPSA) is 18.5 Å². The molecule has 0 aliphatic carbocycles. The normalized spacial score (nSPS) is 27.4. The van der Waals surface area contributed by atoms with Crippen LogP contribution >= 0.6 is 0 Å². The molecule has 1 fully saturated rings. The van der Waals surface area contributed by atoms with Gasteiger partial charge in [-0.3, -0.25) is 0 Å². The molecule has 3 heteroatoms. The van der Waals surface area contributed by atoms with Crippen molar-refractivity contribution in [2.24, 2.45) is 5.92 Å². The van der Waals surface area contributed by atoms with Crippen LogP contribution in [-0.4, -0.2) is 18.8 Å². The Morgan fingerprint density at radius 3 is 1.93 bits per heavy atom. The Morgan fingerprint density at radius 2 is 1.71 bits per heavy atom. The third-order valence-electron chi connectivity index (χ3n) is 2.68. The van der Waals surface area contributed by atoms with Crippen LogP contribution in [0.2, 0.25) is 5.31 Å². The summed E-state index contributed by atoms with van der Waals surface area (Å²) in [6.45, 7) is 15.0. The minimum Gasteiger partial charge on any atom is -0.405 e. The molecule has 14 heavy (non-hydrogen) atoms. The first-order valence-electron chi connectivity index (χ1n) is 5.48. The fourth-order valence-electron chi connectivity index (χ4n) is 2.01. The minimum absolute atomic E-state index is 0.0565. The van der Waals surface area contributed by atoms with Crippen molar-refractivity contribution in [1.82, 2.24) is 0 Å². The quantitative estimate of drug-likeness (QED) is 0.602. The molecular weight excluding hydrogens is 175 g/mol. The van der Waals surface area contributed by atoms with Gasteiger partial charge in [0.1, 0.15) is 0 Å². The molecule has 82 valence electrons. The molecule has 1 unspecified atom stereocenters. The molecule has 0 amide bonds. The van der Waals surface area contributed by atoms with Crippen LogP contribution in [0.5, 0.6) is 0 Å². The molecule has 1 saturated heterocycles. The van der Waals surface area contributed by atoms with Crippen molar-refractivity contribution in [1.29, 1.82) is 0 Å². The maximum absolute atomic E-state index is 5.98. The summed E-state index contributed by atoms with van der Waals surface area (Å²) < 4.78 is 11.9. The lowest BCUT2D eigenvalue weighted by Crippen LogP contribution is -2.36. The molecule has 1 rings (SSSR count). The lowest BCUT2D eigenvalue weighted by molar-refractivity contribution is 0.0437. The minimum atomic E-state index is -0.161. The maximum atomic E-state index is 5.98. The number of rotatable bonds is 1. The summed E-state index contributed by atoms with van der Waals surface area (Å²) >= 11 is 0. The highest BCUT2D eigenvalue weighted by atomic mass is 16.7. The van der Waals surface area contributed by atoms with Gasteiger partial charge in [-0.25, -0.2) is 0 Å². The lowest BCUT2D eigenvalue weighted by atomic mass is 9.61. The Labute approximate surface area is 88.5 Å². The van der Waals surface area contributed by atoms with E-state index in [-0.39, 0.29) is 24.1 Å². The Morgan fingerprint density at radius 1 is 1.21 bits per heavy atom. The van der Waals surface area contributed by atoms with Crippen LogP contribution in [0.25, 0.3) is 0 Å². The van der Waals surface area contributed by atoms with Crippen molar-refractivity contribution in [3.8, 4) is 0 Å². The van der Waals surface area contributed by atoms with Crippen molar-refractivity contribution in [3.05, 3.63) is 0 Å². The van der Waals surface area contributed by atoms with Gasteiger partial charge >= 0.3 is 7.12 Å². The second kappa shape index (κ2) is 3.53. The fourth-order valence-corrected chi connectivity index (χ4v) is 2.01. The summed E-state index contributed by atoms with van der Waals surface area (Å²) in [5, 5.41) is 0.0565. The van der Waals surface area contributed by atoms with Gasteiger partial charge in [-0.1, -0.05) is 34.6 Å². The maximum Gasteiger partial charge on any atom is 0.463 e.